The van der Waals surface area contributed by atoms with Gasteiger partial charge in [-0.25, -0.2) is 0 Å². The van der Waals surface area contributed by atoms with Crippen LogP contribution in [-0.2, 0) is 12.2 Å². The van der Waals surface area contributed by atoms with Crippen LogP contribution in [0.5, 0.6) is 5.75 Å². The Balaban J connectivity index is 1.92. The topological polar surface area (TPSA) is 85.2 Å². The Bertz CT molecular complexity index is 556. The number of aromatic nitrogens is 2. The standard InChI is InChI=1S/C15H21N3O2S/c1-3-10(2)21-9-14-17-15(20-18-14)13(16)8-11-4-6-12(19)7-5-11/h4-7,10,13,19H,3,8-9,16H2,1-2H3/t10?,13-/m1/s1. The van der Waals surface area contributed by atoms with Gasteiger partial charge in [-0.2, -0.15) is 16.7 Å². The molecule has 0 saturated heterocycles. The maximum absolute atomic E-state index is 9.26. The lowest BCUT2D eigenvalue weighted by atomic mass is 10.1. The van der Waals surface area contributed by atoms with Crippen molar-refractivity contribution in [2.24, 2.45) is 5.73 Å². The quantitative estimate of drug-likeness (QED) is 0.817. The summed E-state index contributed by atoms with van der Waals surface area (Å²) in [7, 11) is 0. The molecule has 1 aromatic heterocycles. The van der Waals surface area contributed by atoms with E-state index in [1.165, 1.54) is 0 Å². The van der Waals surface area contributed by atoms with Gasteiger partial charge < -0.3 is 15.4 Å². The van der Waals surface area contributed by atoms with Crippen molar-refractivity contribution in [3.8, 4) is 5.75 Å². The van der Waals surface area contributed by atoms with Gasteiger partial charge in [0.05, 0.1) is 11.8 Å². The molecule has 0 radical (unpaired) electrons. The number of rotatable bonds is 7. The van der Waals surface area contributed by atoms with Gasteiger partial charge in [0.15, 0.2) is 5.82 Å². The minimum Gasteiger partial charge on any atom is -0.508 e. The van der Waals surface area contributed by atoms with E-state index in [1.807, 2.05) is 12.1 Å². The summed E-state index contributed by atoms with van der Waals surface area (Å²) >= 11 is 1.81. The molecule has 0 fully saturated rings. The molecule has 0 amide bonds. The molecule has 2 aromatic rings. The molecule has 6 heteroatoms. The number of hydrogen-bond donors (Lipinski definition) is 2. The van der Waals surface area contributed by atoms with Crippen LogP contribution in [0.2, 0.25) is 0 Å². The summed E-state index contributed by atoms with van der Waals surface area (Å²) in [6, 6.07) is 6.63. The molecular formula is C15H21N3O2S. The van der Waals surface area contributed by atoms with Gasteiger partial charge in [-0.1, -0.05) is 31.1 Å². The highest BCUT2D eigenvalue weighted by atomic mass is 32.2. The Morgan fingerprint density at radius 3 is 2.71 bits per heavy atom. The molecule has 1 unspecified atom stereocenters. The molecule has 0 saturated carbocycles. The number of aromatic hydroxyl groups is 1. The SMILES string of the molecule is CCC(C)SCc1noc([C@H](N)Cc2ccc(O)cc2)n1. The number of nitrogens with two attached hydrogens (primary N) is 1. The van der Waals surface area contributed by atoms with Crippen molar-refractivity contribution in [1.82, 2.24) is 10.1 Å². The van der Waals surface area contributed by atoms with Gasteiger partial charge in [0, 0.05) is 5.25 Å². The van der Waals surface area contributed by atoms with Crippen molar-refractivity contribution in [2.75, 3.05) is 0 Å². The Morgan fingerprint density at radius 1 is 1.33 bits per heavy atom. The monoisotopic (exact) mass is 307 g/mol. The molecule has 1 heterocycles. The second-order valence-electron chi connectivity index (χ2n) is 5.06. The first-order valence-corrected chi connectivity index (χ1v) is 8.11. The van der Waals surface area contributed by atoms with Crippen molar-refractivity contribution < 1.29 is 9.63 Å². The second-order valence-corrected chi connectivity index (χ2v) is 6.48. The smallest absolute Gasteiger partial charge is 0.243 e. The van der Waals surface area contributed by atoms with Gasteiger partial charge in [-0.05, 0) is 30.5 Å². The van der Waals surface area contributed by atoms with E-state index in [1.54, 1.807) is 23.9 Å². The van der Waals surface area contributed by atoms with Crippen molar-refractivity contribution in [1.29, 1.82) is 0 Å². The average molecular weight is 307 g/mol. The van der Waals surface area contributed by atoms with Crippen molar-refractivity contribution in [2.45, 2.75) is 43.7 Å². The molecule has 0 bridgehead atoms. The number of phenolic OH excluding ortho intramolecular Hbond substituents is 1. The second kappa shape index (κ2) is 7.47. The van der Waals surface area contributed by atoms with Gasteiger partial charge in [-0.3, -0.25) is 0 Å². The molecule has 0 spiro atoms. The van der Waals surface area contributed by atoms with Gasteiger partial charge in [0.1, 0.15) is 5.75 Å². The van der Waals surface area contributed by atoms with E-state index in [0.29, 0.717) is 23.4 Å². The normalized spacial score (nSPS) is 14.0. The summed E-state index contributed by atoms with van der Waals surface area (Å²) in [5.74, 6) is 2.14. The third-order valence-electron chi connectivity index (χ3n) is 3.26. The highest BCUT2D eigenvalue weighted by molar-refractivity contribution is 7.99. The average Bonchev–Trinajstić information content (AvgIpc) is 2.96. The lowest BCUT2D eigenvalue weighted by Gasteiger charge is -2.06. The highest BCUT2D eigenvalue weighted by Gasteiger charge is 2.16. The minimum absolute atomic E-state index is 0.245. The largest absolute Gasteiger partial charge is 0.508 e. The lowest BCUT2D eigenvalue weighted by Crippen LogP contribution is -2.13. The maximum atomic E-state index is 9.26. The Morgan fingerprint density at radius 2 is 2.05 bits per heavy atom. The molecule has 0 aliphatic rings. The molecular weight excluding hydrogens is 286 g/mol. The molecule has 1 aromatic carbocycles. The minimum atomic E-state index is -0.329. The highest BCUT2D eigenvalue weighted by Crippen LogP contribution is 2.20. The summed E-state index contributed by atoms with van der Waals surface area (Å²) in [4.78, 5) is 4.36. The fraction of sp³-hybridized carbons (Fsp3) is 0.467. The first-order valence-electron chi connectivity index (χ1n) is 7.06. The third-order valence-corrected chi connectivity index (χ3v) is 4.59. The van der Waals surface area contributed by atoms with Crippen LogP contribution in [0.3, 0.4) is 0 Å². The molecule has 21 heavy (non-hydrogen) atoms. The van der Waals surface area contributed by atoms with E-state index in [0.717, 1.165) is 17.7 Å². The van der Waals surface area contributed by atoms with Crippen molar-refractivity contribution in [3.63, 3.8) is 0 Å². The number of benzene rings is 1. The van der Waals surface area contributed by atoms with Crippen LogP contribution in [-0.4, -0.2) is 20.5 Å². The van der Waals surface area contributed by atoms with Crippen LogP contribution < -0.4 is 5.73 Å². The van der Waals surface area contributed by atoms with Gasteiger partial charge in [-0.15, -0.1) is 0 Å². The first-order chi connectivity index (χ1) is 10.1. The molecule has 0 aliphatic heterocycles. The van der Waals surface area contributed by atoms with Crippen molar-refractivity contribution >= 4 is 11.8 Å². The van der Waals surface area contributed by atoms with Gasteiger partial charge >= 0.3 is 0 Å². The number of nitrogens with zero attached hydrogens (tertiary/aromatic N) is 2. The maximum Gasteiger partial charge on any atom is 0.243 e. The predicted octanol–water partition coefficient (Wildman–Crippen LogP) is 3.05. The van der Waals surface area contributed by atoms with Crippen LogP contribution >= 0.6 is 11.8 Å². The van der Waals surface area contributed by atoms with Crippen LogP contribution in [0.15, 0.2) is 28.8 Å². The van der Waals surface area contributed by atoms with Crippen LogP contribution in [0, 0.1) is 0 Å². The Kier molecular flexibility index (Phi) is 5.64. The lowest BCUT2D eigenvalue weighted by molar-refractivity contribution is 0.351. The Hall–Kier alpha value is -1.53. The zero-order valence-corrected chi connectivity index (χ0v) is 13.1. The molecule has 2 atom stereocenters. The fourth-order valence-corrected chi connectivity index (χ4v) is 2.57. The van der Waals surface area contributed by atoms with E-state index in [4.69, 9.17) is 10.3 Å². The number of hydrogen-bond acceptors (Lipinski definition) is 6. The first kappa shape index (κ1) is 15.9. The molecule has 3 N–H and O–H groups in total. The zero-order chi connectivity index (χ0) is 15.2. The summed E-state index contributed by atoms with van der Waals surface area (Å²) in [6.45, 7) is 4.34. The zero-order valence-electron chi connectivity index (χ0n) is 12.3. The number of thioether (sulfide) groups is 1. The number of phenols is 1. The predicted molar refractivity (Wildman–Crippen MR) is 84.1 cm³/mol. The van der Waals surface area contributed by atoms with Crippen LogP contribution in [0.1, 0.15) is 43.6 Å². The summed E-state index contributed by atoms with van der Waals surface area (Å²) in [6.07, 6.45) is 1.72. The van der Waals surface area contributed by atoms with Crippen LogP contribution in [0.4, 0.5) is 0 Å². The molecule has 114 valence electrons. The van der Waals surface area contributed by atoms with Gasteiger partial charge in [0.25, 0.3) is 0 Å². The Labute approximate surface area is 128 Å². The molecule has 5 nitrogen and oxygen atoms in total. The van der Waals surface area contributed by atoms with E-state index >= 15 is 0 Å². The molecule has 2 rings (SSSR count). The van der Waals surface area contributed by atoms with E-state index in [9.17, 15) is 5.11 Å². The van der Waals surface area contributed by atoms with Gasteiger partial charge in [0.2, 0.25) is 5.89 Å². The summed E-state index contributed by atoms with van der Waals surface area (Å²) < 4.78 is 5.24. The van der Waals surface area contributed by atoms with Crippen molar-refractivity contribution in [3.05, 3.63) is 41.5 Å². The van der Waals surface area contributed by atoms with E-state index in [-0.39, 0.29) is 11.8 Å². The molecule has 0 aliphatic carbocycles. The van der Waals surface area contributed by atoms with E-state index < -0.39 is 0 Å². The van der Waals surface area contributed by atoms with E-state index in [2.05, 4.69) is 24.0 Å². The van der Waals surface area contributed by atoms with Crippen LogP contribution in [0.25, 0.3) is 0 Å². The fourth-order valence-electron chi connectivity index (χ4n) is 1.78. The third kappa shape index (κ3) is 4.75. The summed E-state index contributed by atoms with van der Waals surface area (Å²) in [5, 5.41) is 13.8. The summed E-state index contributed by atoms with van der Waals surface area (Å²) in [5.41, 5.74) is 7.12.